The van der Waals surface area contributed by atoms with Crippen molar-refractivity contribution in [3.05, 3.63) is 34.6 Å². The molecule has 2 unspecified atom stereocenters. The third-order valence-electron chi connectivity index (χ3n) is 5.48. The van der Waals surface area contributed by atoms with E-state index >= 15 is 0 Å². The summed E-state index contributed by atoms with van der Waals surface area (Å²) < 4.78 is 1.21. The molecule has 0 radical (unpaired) electrons. The molecule has 6 nitrogen and oxygen atoms in total. The smallest absolute Gasteiger partial charge is 0.278 e. The van der Waals surface area contributed by atoms with E-state index in [4.69, 9.17) is 0 Å². The summed E-state index contributed by atoms with van der Waals surface area (Å²) in [5.74, 6) is 0.633. The van der Waals surface area contributed by atoms with Crippen molar-refractivity contribution in [2.45, 2.75) is 51.1 Å². The maximum absolute atomic E-state index is 12.8. The van der Waals surface area contributed by atoms with Crippen molar-refractivity contribution in [1.82, 2.24) is 19.9 Å². The van der Waals surface area contributed by atoms with Crippen LogP contribution >= 0.6 is 0 Å². The van der Waals surface area contributed by atoms with E-state index in [1.165, 1.54) is 30.4 Å². The first kappa shape index (κ1) is 15.3. The Bertz CT molecular complexity index is 814. The summed E-state index contributed by atoms with van der Waals surface area (Å²) in [6, 6.07) is 7.46. The maximum atomic E-state index is 12.8. The quantitative estimate of drug-likeness (QED) is 0.846. The number of fused-ring (bicyclic) bond motifs is 2. The van der Waals surface area contributed by atoms with Crippen LogP contribution in [0, 0.1) is 5.92 Å². The molecule has 2 atom stereocenters. The van der Waals surface area contributed by atoms with Gasteiger partial charge >= 0.3 is 0 Å². The van der Waals surface area contributed by atoms with Crippen LogP contribution in [0.2, 0.25) is 0 Å². The molecule has 2 fully saturated rings. The molecule has 6 heteroatoms. The highest BCUT2D eigenvalue weighted by Crippen LogP contribution is 2.35. The highest BCUT2D eigenvalue weighted by Gasteiger charge is 2.35. The topological polar surface area (TPSA) is 68.1 Å². The average molecular weight is 326 g/mol. The Morgan fingerprint density at radius 3 is 2.83 bits per heavy atom. The fourth-order valence-electron chi connectivity index (χ4n) is 4.28. The molecule has 126 valence electrons. The molecule has 1 amide bonds. The third kappa shape index (κ3) is 2.70. The number of rotatable bonds is 2. The number of likely N-dealkylation sites (tertiary alicyclic amines) is 1. The van der Waals surface area contributed by atoms with Crippen molar-refractivity contribution in [2.75, 3.05) is 6.54 Å². The van der Waals surface area contributed by atoms with Gasteiger partial charge < -0.3 is 4.90 Å². The second kappa shape index (κ2) is 6.34. The lowest BCUT2D eigenvalue weighted by Crippen LogP contribution is -2.51. The number of benzene rings is 1. The lowest BCUT2D eigenvalue weighted by molar-refractivity contribution is -0.138. The average Bonchev–Trinajstić information content (AvgIpc) is 2.63. The van der Waals surface area contributed by atoms with Gasteiger partial charge in [-0.2, -0.15) is 0 Å². The Labute approximate surface area is 140 Å². The number of amides is 1. The molecule has 0 N–H and O–H groups in total. The molecule has 2 aromatic rings. The van der Waals surface area contributed by atoms with Crippen molar-refractivity contribution in [2.24, 2.45) is 5.92 Å². The van der Waals surface area contributed by atoms with Crippen LogP contribution in [-0.4, -0.2) is 38.4 Å². The molecule has 1 saturated heterocycles. The largest absolute Gasteiger partial charge is 0.338 e. The minimum atomic E-state index is -0.244. The SMILES string of the molecule is O=C(Cn1nnc2ccccc2c1=O)N1CCCC2CCCCC21. The van der Waals surface area contributed by atoms with Gasteiger partial charge in [-0.3, -0.25) is 9.59 Å². The number of hydrogen-bond acceptors (Lipinski definition) is 4. The van der Waals surface area contributed by atoms with Crippen LogP contribution in [0.5, 0.6) is 0 Å². The Kier molecular flexibility index (Phi) is 4.04. The van der Waals surface area contributed by atoms with E-state index < -0.39 is 0 Å². The van der Waals surface area contributed by atoms with E-state index in [2.05, 4.69) is 10.3 Å². The minimum Gasteiger partial charge on any atom is -0.338 e. The molecule has 1 aromatic carbocycles. The number of carbonyl (C=O) groups is 1. The Morgan fingerprint density at radius 2 is 1.92 bits per heavy atom. The van der Waals surface area contributed by atoms with Crippen LogP contribution in [0.3, 0.4) is 0 Å². The maximum Gasteiger partial charge on any atom is 0.278 e. The van der Waals surface area contributed by atoms with Gasteiger partial charge in [-0.25, -0.2) is 4.68 Å². The van der Waals surface area contributed by atoms with Crippen molar-refractivity contribution >= 4 is 16.8 Å². The van der Waals surface area contributed by atoms with Gasteiger partial charge in [0.15, 0.2) is 0 Å². The zero-order valence-electron chi connectivity index (χ0n) is 13.7. The van der Waals surface area contributed by atoms with Crippen LogP contribution in [0.4, 0.5) is 0 Å². The number of nitrogens with zero attached hydrogens (tertiary/aromatic N) is 4. The molecule has 1 aliphatic carbocycles. The lowest BCUT2D eigenvalue weighted by atomic mass is 9.78. The summed E-state index contributed by atoms with van der Waals surface area (Å²) >= 11 is 0. The Hall–Kier alpha value is -2.24. The predicted octanol–water partition coefficient (Wildman–Crippen LogP) is 1.97. The molecule has 2 aliphatic rings. The van der Waals surface area contributed by atoms with Gasteiger partial charge in [0.2, 0.25) is 5.91 Å². The summed E-state index contributed by atoms with van der Waals surface area (Å²) in [6.07, 6.45) is 7.08. The van der Waals surface area contributed by atoms with Gasteiger partial charge in [0.05, 0.1) is 5.39 Å². The Balaban J connectivity index is 1.57. The van der Waals surface area contributed by atoms with Crippen molar-refractivity contribution in [3.8, 4) is 0 Å². The van der Waals surface area contributed by atoms with Gasteiger partial charge in [0, 0.05) is 12.6 Å². The molecule has 1 aliphatic heterocycles. The first-order valence-corrected chi connectivity index (χ1v) is 8.86. The van der Waals surface area contributed by atoms with Crippen molar-refractivity contribution in [3.63, 3.8) is 0 Å². The molecular weight excluding hydrogens is 304 g/mol. The summed E-state index contributed by atoms with van der Waals surface area (Å²) in [5, 5.41) is 8.52. The molecule has 24 heavy (non-hydrogen) atoms. The second-order valence-electron chi connectivity index (χ2n) is 6.91. The highest BCUT2D eigenvalue weighted by molar-refractivity contribution is 5.78. The molecule has 1 saturated carbocycles. The molecule has 0 spiro atoms. The number of hydrogen-bond donors (Lipinski definition) is 0. The molecule has 4 rings (SSSR count). The van der Waals surface area contributed by atoms with Gasteiger partial charge in [0.1, 0.15) is 12.1 Å². The predicted molar refractivity (Wildman–Crippen MR) is 90.5 cm³/mol. The van der Waals surface area contributed by atoms with E-state index in [1.54, 1.807) is 18.2 Å². The fourth-order valence-corrected chi connectivity index (χ4v) is 4.28. The Morgan fingerprint density at radius 1 is 1.12 bits per heavy atom. The van der Waals surface area contributed by atoms with Crippen LogP contribution < -0.4 is 5.56 Å². The summed E-state index contributed by atoms with van der Waals surface area (Å²) in [4.78, 5) is 27.3. The standard InChI is InChI=1S/C18H22N4O2/c23-17(21-11-5-7-13-6-1-4-10-16(13)21)12-22-18(24)14-8-2-3-9-15(14)19-20-22/h2-3,8-9,13,16H,1,4-7,10-12H2. The summed E-state index contributed by atoms with van der Waals surface area (Å²) in [6.45, 7) is 0.787. The van der Waals surface area contributed by atoms with E-state index in [-0.39, 0.29) is 18.0 Å². The zero-order chi connectivity index (χ0) is 16.5. The monoisotopic (exact) mass is 326 g/mol. The number of carbonyl (C=O) groups excluding carboxylic acids is 1. The normalized spacial score (nSPS) is 23.9. The van der Waals surface area contributed by atoms with Gasteiger partial charge in [-0.1, -0.05) is 30.2 Å². The summed E-state index contributed by atoms with van der Waals surface area (Å²) in [7, 11) is 0. The molecular formula is C18H22N4O2. The second-order valence-corrected chi connectivity index (χ2v) is 6.91. The molecule has 0 bridgehead atoms. The summed E-state index contributed by atoms with van der Waals surface area (Å²) in [5.41, 5.74) is 0.322. The zero-order valence-corrected chi connectivity index (χ0v) is 13.7. The minimum absolute atomic E-state index is 0.00159. The van der Waals surface area contributed by atoms with Crippen molar-refractivity contribution < 1.29 is 4.79 Å². The first-order valence-electron chi connectivity index (χ1n) is 8.86. The van der Waals surface area contributed by atoms with Gasteiger partial charge in [0.25, 0.3) is 5.56 Å². The van der Waals surface area contributed by atoms with Crippen LogP contribution in [0.15, 0.2) is 29.1 Å². The van der Waals surface area contributed by atoms with E-state index in [0.29, 0.717) is 22.9 Å². The molecule has 1 aromatic heterocycles. The van der Waals surface area contributed by atoms with Gasteiger partial charge in [-0.15, -0.1) is 5.10 Å². The first-order chi connectivity index (χ1) is 11.7. The third-order valence-corrected chi connectivity index (χ3v) is 5.48. The van der Waals surface area contributed by atoms with Crippen LogP contribution in [0.1, 0.15) is 38.5 Å². The number of piperidine rings is 1. The fraction of sp³-hybridized carbons (Fsp3) is 0.556. The van der Waals surface area contributed by atoms with E-state index in [1.807, 2.05) is 11.0 Å². The molecule has 2 heterocycles. The van der Waals surface area contributed by atoms with Crippen molar-refractivity contribution in [1.29, 1.82) is 0 Å². The van der Waals surface area contributed by atoms with Gasteiger partial charge in [-0.05, 0) is 43.7 Å². The van der Waals surface area contributed by atoms with E-state index in [0.717, 1.165) is 19.4 Å². The lowest BCUT2D eigenvalue weighted by Gasteiger charge is -2.44. The highest BCUT2D eigenvalue weighted by atomic mass is 16.2. The van der Waals surface area contributed by atoms with Crippen LogP contribution in [0.25, 0.3) is 10.9 Å². The van der Waals surface area contributed by atoms with Crippen LogP contribution in [-0.2, 0) is 11.3 Å². The number of aromatic nitrogens is 3. The van der Waals surface area contributed by atoms with E-state index in [9.17, 15) is 9.59 Å².